The van der Waals surface area contributed by atoms with E-state index in [2.05, 4.69) is 0 Å². The van der Waals surface area contributed by atoms with E-state index in [0.29, 0.717) is 23.5 Å². The van der Waals surface area contributed by atoms with Gasteiger partial charge in [-0.2, -0.15) is 0 Å². The summed E-state index contributed by atoms with van der Waals surface area (Å²) in [7, 11) is 2.99. The molecule has 5 nitrogen and oxygen atoms in total. The van der Waals surface area contributed by atoms with Gasteiger partial charge in [0, 0.05) is 0 Å². The van der Waals surface area contributed by atoms with Crippen LogP contribution in [0, 0.1) is 5.92 Å². The van der Waals surface area contributed by atoms with E-state index >= 15 is 0 Å². The van der Waals surface area contributed by atoms with Gasteiger partial charge in [0.05, 0.1) is 19.8 Å². The number of fused-ring (bicyclic) bond motifs is 1. The Morgan fingerprint density at radius 2 is 1.83 bits per heavy atom. The third-order valence-electron chi connectivity index (χ3n) is 4.13. The number of Topliss-reactive ketones (excluding diaryl/α,β-unsaturated/α-hetero) is 1. The van der Waals surface area contributed by atoms with Crippen LogP contribution in [0.5, 0.6) is 11.5 Å². The monoisotopic (exact) mass is 326 g/mol. The Kier molecular flexibility index (Phi) is 4.51. The summed E-state index contributed by atoms with van der Waals surface area (Å²) in [5.41, 5.74) is 2.07. The van der Waals surface area contributed by atoms with Crippen molar-refractivity contribution in [2.75, 3.05) is 14.2 Å². The van der Waals surface area contributed by atoms with Gasteiger partial charge in [-0.3, -0.25) is 9.59 Å². The fourth-order valence-electron chi connectivity index (χ4n) is 2.91. The fraction of sp³-hybridized carbons (Fsp3) is 0.263. The predicted molar refractivity (Wildman–Crippen MR) is 87.3 cm³/mol. The van der Waals surface area contributed by atoms with E-state index in [0.717, 1.165) is 11.1 Å². The number of rotatable bonds is 5. The van der Waals surface area contributed by atoms with E-state index in [-0.39, 0.29) is 12.4 Å². The summed E-state index contributed by atoms with van der Waals surface area (Å²) in [4.78, 5) is 25.0. The number of carbonyl (C=O) groups is 2. The minimum atomic E-state index is -0.829. The molecule has 1 aliphatic rings. The molecular formula is C19H18O5. The van der Waals surface area contributed by atoms with Crippen molar-refractivity contribution in [1.82, 2.24) is 0 Å². The van der Waals surface area contributed by atoms with E-state index in [1.54, 1.807) is 12.1 Å². The molecule has 3 rings (SSSR count). The quantitative estimate of drug-likeness (QED) is 0.624. The Hall–Kier alpha value is -2.82. The summed E-state index contributed by atoms with van der Waals surface area (Å²) >= 11 is 0. The third-order valence-corrected chi connectivity index (χ3v) is 4.13. The zero-order valence-corrected chi connectivity index (χ0v) is 13.6. The summed E-state index contributed by atoms with van der Waals surface area (Å²) in [5, 5.41) is 0. The predicted octanol–water partition coefficient (Wildman–Crippen LogP) is 2.80. The SMILES string of the molecule is COc1ccc2c(c1OC)C(=O)C(C(=O)OCc1ccccc1)C2. The van der Waals surface area contributed by atoms with Gasteiger partial charge in [0.15, 0.2) is 17.3 Å². The second-order valence-corrected chi connectivity index (χ2v) is 5.55. The van der Waals surface area contributed by atoms with Crippen molar-refractivity contribution in [1.29, 1.82) is 0 Å². The summed E-state index contributed by atoms with van der Waals surface area (Å²) in [6.45, 7) is 0.153. The average Bonchev–Trinajstić information content (AvgIpc) is 2.96. The minimum absolute atomic E-state index is 0.153. The van der Waals surface area contributed by atoms with Crippen LogP contribution in [-0.2, 0) is 22.6 Å². The molecule has 0 aromatic heterocycles. The van der Waals surface area contributed by atoms with Crippen molar-refractivity contribution in [3.63, 3.8) is 0 Å². The molecule has 2 aromatic rings. The van der Waals surface area contributed by atoms with Crippen LogP contribution in [0.25, 0.3) is 0 Å². The van der Waals surface area contributed by atoms with Crippen molar-refractivity contribution in [3.8, 4) is 11.5 Å². The van der Waals surface area contributed by atoms with Crippen molar-refractivity contribution in [2.45, 2.75) is 13.0 Å². The number of hydrogen-bond donors (Lipinski definition) is 0. The van der Waals surface area contributed by atoms with Crippen molar-refractivity contribution >= 4 is 11.8 Å². The molecule has 0 saturated heterocycles. The highest BCUT2D eigenvalue weighted by Gasteiger charge is 2.40. The Balaban J connectivity index is 1.77. The summed E-state index contributed by atoms with van der Waals surface area (Å²) < 4.78 is 15.8. The van der Waals surface area contributed by atoms with Crippen LogP contribution in [0.2, 0.25) is 0 Å². The molecule has 0 aliphatic heterocycles. The van der Waals surface area contributed by atoms with E-state index in [1.165, 1.54) is 14.2 Å². The lowest BCUT2D eigenvalue weighted by Gasteiger charge is -2.11. The highest BCUT2D eigenvalue weighted by atomic mass is 16.5. The zero-order valence-electron chi connectivity index (χ0n) is 13.6. The maximum absolute atomic E-state index is 12.7. The molecule has 1 aliphatic carbocycles. The molecule has 1 atom stereocenters. The van der Waals surface area contributed by atoms with Crippen LogP contribution >= 0.6 is 0 Å². The topological polar surface area (TPSA) is 61.8 Å². The zero-order chi connectivity index (χ0) is 17.1. The first kappa shape index (κ1) is 16.1. The number of benzene rings is 2. The van der Waals surface area contributed by atoms with Gasteiger partial charge >= 0.3 is 5.97 Å². The molecule has 124 valence electrons. The Morgan fingerprint density at radius 3 is 2.50 bits per heavy atom. The Labute approximate surface area is 140 Å². The number of esters is 1. The number of hydrogen-bond acceptors (Lipinski definition) is 5. The number of carbonyl (C=O) groups excluding carboxylic acids is 2. The van der Waals surface area contributed by atoms with Crippen molar-refractivity contribution < 1.29 is 23.8 Å². The first-order valence-electron chi connectivity index (χ1n) is 7.64. The molecule has 0 radical (unpaired) electrons. The van der Waals surface area contributed by atoms with Crippen LogP contribution in [-0.4, -0.2) is 26.0 Å². The second-order valence-electron chi connectivity index (χ2n) is 5.55. The van der Waals surface area contributed by atoms with Crippen molar-refractivity contribution in [2.24, 2.45) is 5.92 Å². The molecule has 0 spiro atoms. The van der Waals surface area contributed by atoms with Crippen LogP contribution in [0.4, 0.5) is 0 Å². The van der Waals surface area contributed by atoms with Gasteiger partial charge in [0.2, 0.25) is 0 Å². The largest absolute Gasteiger partial charge is 0.493 e. The third kappa shape index (κ3) is 2.85. The van der Waals surface area contributed by atoms with Gasteiger partial charge < -0.3 is 14.2 Å². The summed E-state index contributed by atoms with van der Waals surface area (Å²) in [6, 6.07) is 12.9. The van der Waals surface area contributed by atoms with E-state index in [1.807, 2.05) is 30.3 Å². The lowest BCUT2D eigenvalue weighted by Crippen LogP contribution is -2.23. The first-order valence-corrected chi connectivity index (χ1v) is 7.64. The molecule has 1 unspecified atom stereocenters. The van der Waals surface area contributed by atoms with Gasteiger partial charge in [-0.1, -0.05) is 36.4 Å². The molecular weight excluding hydrogens is 308 g/mol. The Morgan fingerprint density at radius 1 is 1.08 bits per heavy atom. The molecule has 0 N–H and O–H groups in total. The van der Waals surface area contributed by atoms with Gasteiger partial charge in [-0.25, -0.2) is 0 Å². The molecule has 5 heteroatoms. The van der Waals surface area contributed by atoms with Gasteiger partial charge in [0.1, 0.15) is 12.5 Å². The standard InChI is InChI=1S/C19H18O5/c1-22-15-9-8-13-10-14(17(20)16(13)18(15)23-2)19(21)24-11-12-6-4-3-5-7-12/h3-9,14H,10-11H2,1-2H3. The first-order chi connectivity index (χ1) is 11.7. The van der Waals surface area contributed by atoms with Gasteiger partial charge in [-0.05, 0) is 23.6 Å². The van der Waals surface area contributed by atoms with Crippen molar-refractivity contribution in [3.05, 3.63) is 59.2 Å². The average molecular weight is 326 g/mol. The van der Waals surface area contributed by atoms with Crippen LogP contribution in [0.15, 0.2) is 42.5 Å². The normalized spacial score (nSPS) is 15.8. The van der Waals surface area contributed by atoms with Gasteiger partial charge in [0.25, 0.3) is 0 Å². The molecule has 0 amide bonds. The molecule has 0 saturated carbocycles. The van der Waals surface area contributed by atoms with E-state index < -0.39 is 11.9 Å². The summed E-state index contributed by atoms with van der Waals surface area (Å²) in [5.74, 6) is -0.772. The highest BCUT2D eigenvalue weighted by Crippen LogP contribution is 2.40. The van der Waals surface area contributed by atoms with E-state index in [9.17, 15) is 9.59 Å². The van der Waals surface area contributed by atoms with Crippen LogP contribution in [0.1, 0.15) is 21.5 Å². The lowest BCUT2D eigenvalue weighted by molar-refractivity contribution is -0.147. The molecule has 0 fully saturated rings. The number of ketones is 1. The smallest absolute Gasteiger partial charge is 0.317 e. The lowest BCUT2D eigenvalue weighted by atomic mass is 10.1. The molecule has 2 aromatic carbocycles. The number of ether oxygens (including phenoxy) is 3. The van der Waals surface area contributed by atoms with Gasteiger partial charge in [-0.15, -0.1) is 0 Å². The molecule has 0 bridgehead atoms. The minimum Gasteiger partial charge on any atom is -0.493 e. The highest BCUT2D eigenvalue weighted by molar-refractivity contribution is 6.14. The van der Waals surface area contributed by atoms with Crippen LogP contribution in [0.3, 0.4) is 0 Å². The fourth-order valence-corrected chi connectivity index (χ4v) is 2.91. The second kappa shape index (κ2) is 6.74. The maximum Gasteiger partial charge on any atom is 0.317 e. The maximum atomic E-state index is 12.7. The molecule has 24 heavy (non-hydrogen) atoms. The summed E-state index contributed by atoms with van der Waals surface area (Å²) in [6.07, 6.45) is 0.322. The Bertz CT molecular complexity index is 767. The molecule has 0 heterocycles. The van der Waals surface area contributed by atoms with Crippen LogP contribution < -0.4 is 9.47 Å². The van der Waals surface area contributed by atoms with E-state index in [4.69, 9.17) is 14.2 Å². The number of methoxy groups -OCH3 is 2.